The van der Waals surface area contributed by atoms with Crippen molar-refractivity contribution in [3.05, 3.63) is 247 Å². The summed E-state index contributed by atoms with van der Waals surface area (Å²) >= 11 is 0. The maximum absolute atomic E-state index is 12.7. The maximum Gasteiger partial charge on any atom is 0.137 e. The van der Waals surface area contributed by atoms with Gasteiger partial charge < -0.3 is 23.7 Å². The highest BCUT2D eigenvalue weighted by Crippen LogP contribution is 2.44. The van der Waals surface area contributed by atoms with Crippen LogP contribution in [0.2, 0.25) is 0 Å². The van der Waals surface area contributed by atoms with E-state index in [0.29, 0.717) is 5.69 Å². The van der Waals surface area contributed by atoms with Crippen LogP contribution in [0.5, 0.6) is 11.5 Å². The van der Waals surface area contributed by atoms with Gasteiger partial charge in [0, 0.05) is 56.5 Å². The lowest BCUT2D eigenvalue weighted by Gasteiger charge is -2.26. The largest absolute Gasteiger partial charge is 0.497 e. The summed E-state index contributed by atoms with van der Waals surface area (Å²) in [6.45, 7) is 0. The number of methoxy groups -OCH3 is 2. The van der Waals surface area contributed by atoms with E-state index in [9.17, 15) is 4.91 Å². The summed E-state index contributed by atoms with van der Waals surface area (Å²) in [4.78, 5) is 17.3. The van der Waals surface area contributed by atoms with Gasteiger partial charge in [-0.1, -0.05) is 109 Å². The first-order valence-corrected chi connectivity index (χ1v) is 25.2. The van der Waals surface area contributed by atoms with Crippen LogP contribution in [0.1, 0.15) is 18.4 Å². The molecule has 0 fully saturated rings. The molecule has 12 aromatic rings. The van der Waals surface area contributed by atoms with Gasteiger partial charge in [0.15, 0.2) is 0 Å². The van der Waals surface area contributed by atoms with Gasteiger partial charge in [-0.2, -0.15) is 0 Å². The van der Waals surface area contributed by atoms with Crippen molar-refractivity contribution in [3.8, 4) is 33.8 Å². The van der Waals surface area contributed by atoms with Crippen molar-refractivity contribution in [3.63, 3.8) is 0 Å². The monoisotopic (exact) mass is 971 g/mol. The van der Waals surface area contributed by atoms with Gasteiger partial charge >= 0.3 is 0 Å². The molecular weight excluding hydrogens is 923 g/mol. The number of hydrogen-bond donors (Lipinski definition) is 0. The van der Waals surface area contributed by atoms with E-state index in [1.807, 2.05) is 24.3 Å². The molecule has 0 bridgehead atoms. The molecule has 0 unspecified atom stereocenters. The predicted molar refractivity (Wildman–Crippen MR) is 311 cm³/mol. The molecule has 0 radical (unpaired) electrons. The first-order valence-electron chi connectivity index (χ1n) is 25.2. The lowest BCUT2D eigenvalue weighted by atomic mass is 9.97. The average molecular weight is 972 g/mol. The molecule has 11 aromatic carbocycles. The van der Waals surface area contributed by atoms with Gasteiger partial charge in [0.25, 0.3) is 0 Å². The zero-order valence-corrected chi connectivity index (χ0v) is 41.4. The van der Waals surface area contributed by atoms with E-state index >= 15 is 0 Å². The summed E-state index contributed by atoms with van der Waals surface area (Å²) in [5, 5.41) is 11.8. The highest BCUT2D eigenvalue weighted by molar-refractivity contribution is 6.12. The van der Waals surface area contributed by atoms with Crippen molar-refractivity contribution in [2.75, 3.05) is 24.0 Å². The first kappa shape index (κ1) is 45.2. The Morgan fingerprint density at radius 1 is 0.413 bits per heavy atom. The summed E-state index contributed by atoms with van der Waals surface area (Å²) < 4.78 is 17.8. The fourth-order valence-corrected chi connectivity index (χ4v) is 10.7. The molecule has 7 heteroatoms. The van der Waals surface area contributed by atoms with Gasteiger partial charge in [0.05, 0.1) is 14.2 Å². The van der Waals surface area contributed by atoms with Crippen LogP contribution >= 0.6 is 0 Å². The number of nitroso groups, excluding NO2 is 1. The minimum Gasteiger partial charge on any atom is -0.497 e. The Balaban J connectivity index is 0.861. The molecule has 1 aliphatic carbocycles. The fraction of sp³-hybridized carbons (Fsp3) is 0.0588. The second-order valence-electron chi connectivity index (χ2n) is 19.1. The number of hydrogen-bond acceptors (Lipinski definition) is 7. The molecule has 75 heavy (non-hydrogen) atoms. The Hall–Kier alpha value is -9.72. The van der Waals surface area contributed by atoms with Gasteiger partial charge in [0.1, 0.15) is 28.4 Å². The normalized spacial score (nSPS) is 12.4. The zero-order valence-electron chi connectivity index (χ0n) is 41.4. The van der Waals surface area contributed by atoms with Crippen LogP contribution in [0.15, 0.2) is 246 Å². The quantitative estimate of drug-likeness (QED) is 0.114. The van der Waals surface area contributed by atoms with E-state index in [0.717, 1.165) is 135 Å². The predicted octanol–water partition coefficient (Wildman–Crippen LogP) is 19.5. The SMILES string of the molecule is COc1ccc2cc(N(c3ccc(-c4ccccc4)cc3)c3ccc(-c4cc5cc6oc7cc(N(c8ccc(C9=CCCC=C9)cc8)c8ccc9cc(OC)ccc9c8)ccc7c6cc5cc4N=O)cc3)ccc2c1. The molecule has 1 aliphatic rings. The van der Waals surface area contributed by atoms with E-state index in [1.165, 1.54) is 11.1 Å². The van der Waals surface area contributed by atoms with Crippen LogP contribution in [0, 0.1) is 4.91 Å². The number of fused-ring (bicyclic) bond motifs is 6. The third kappa shape index (κ3) is 8.50. The lowest BCUT2D eigenvalue weighted by molar-refractivity contribution is 0.415. The van der Waals surface area contributed by atoms with Crippen molar-refractivity contribution in [1.82, 2.24) is 0 Å². The summed E-state index contributed by atoms with van der Waals surface area (Å²) in [5.41, 5.74) is 14.3. The molecule has 0 saturated heterocycles. The summed E-state index contributed by atoms with van der Waals surface area (Å²) in [5.74, 6) is 1.64. The molecule has 360 valence electrons. The molecule has 0 atom stereocenters. The van der Waals surface area contributed by atoms with Crippen LogP contribution in [-0.2, 0) is 0 Å². The Bertz CT molecular complexity index is 4220. The van der Waals surface area contributed by atoms with E-state index < -0.39 is 0 Å². The zero-order chi connectivity index (χ0) is 50.4. The van der Waals surface area contributed by atoms with Crippen molar-refractivity contribution < 1.29 is 13.9 Å². The minimum atomic E-state index is 0.370. The minimum absolute atomic E-state index is 0.370. The van der Waals surface area contributed by atoms with Crippen LogP contribution in [0.4, 0.5) is 39.8 Å². The Morgan fingerprint density at radius 2 is 0.920 bits per heavy atom. The summed E-state index contributed by atoms with van der Waals surface area (Å²) in [6, 6.07) is 76.1. The van der Waals surface area contributed by atoms with Crippen molar-refractivity contribution >= 4 is 99.6 Å². The number of benzene rings is 11. The van der Waals surface area contributed by atoms with Gasteiger partial charge in [-0.3, -0.25) is 0 Å². The van der Waals surface area contributed by atoms with E-state index in [-0.39, 0.29) is 0 Å². The molecular formula is C68H49N3O4. The van der Waals surface area contributed by atoms with Crippen molar-refractivity contribution in [1.29, 1.82) is 0 Å². The molecule has 0 N–H and O–H groups in total. The molecule has 0 spiro atoms. The molecule has 13 rings (SSSR count). The molecule has 0 aliphatic heterocycles. The van der Waals surface area contributed by atoms with Crippen LogP contribution in [-0.4, -0.2) is 14.2 Å². The number of ether oxygens (including phenoxy) is 2. The molecule has 1 aromatic heterocycles. The van der Waals surface area contributed by atoms with Gasteiger partial charge in [-0.25, -0.2) is 0 Å². The highest BCUT2D eigenvalue weighted by Gasteiger charge is 2.20. The maximum atomic E-state index is 12.7. The second-order valence-corrected chi connectivity index (χ2v) is 19.1. The van der Waals surface area contributed by atoms with Crippen molar-refractivity contribution in [2.45, 2.75) is 12.8 Å². The molecule has 1 heterocycles. The lowest BCUT2D eigenvalue weighted by Crippen LogP contribution is -2.10. The van der Waals surface area contributed by atoms with Crippen molar-refractivity contribution in [2.24, 2.45) is 5.18 Å². The van der Waals surface area contributed by atoms with E-state index in [1.54, 1.807) is 14.2 Å². The number of rotatable bonds is 12. The van der Waals surface area contributed by atoms with Crippen LogP contribution < -0.4 is 19.3 Å². The third-order valence-corrected chi connectivity index (χ3v) is 14.6. The third-order valence-electron chi connectivity index (χ3n) is 14.6. The summed E-state index contributed by atoms with van der Waals surface area (Å²) in [7, 11) is 3.38. The first-order chi connectivity index (χ1) is 37.0. The topological polar surface area (TPSA) is 67.5 Å². The Kier molecular flexibility index (Phi) is 11.5. The Labute approximate surface area is 434 Å². The number of nitrogens with zero attached hydrogens (tertiary/aromatic N) is 3. The van der Waals surface area contributed by atoms with Crippen LogP contribution in [0.25, 0.3) is 82.1 Å². The smallest absolute Gasteiger partial charge is 0.137 e. The van der Waals surface area contributed by atoms with Gasteiger partial charge in [-0.15, -0.1) is 4.91 Å². The summed E-state index contributed by atoms with van der Waals surface area (Å²) in [6.07, 6.45) is 8.90. The van der Waals surface area contributed by atoms with Crippen LogP contribution in [0.3, 0.4) is 0 Å². The highest BCUT2D eigenvalue weighted by atomic mass is 16.5. The molecule has 0 amide bonds. The molecule has 0 saturated carbocycles. The Morgan fingerprint density at radius 3 is 1.52 bits per heavy atom. The number of anilines is 6. The average Bonchev–Trinajstić information content (AvgIpc) is 3.84. The molecule has 7 nitrogen and oxygen atoms in total. The van der Waals surface area contributed by atoms with E-state index in [2.05, 4.69) is 227 Å². The number of furan rings is 1. The second kappa shape index (κ2) is 19.0. The van der Waals surface area contributed by atoms with Gasteiger partial charge in [0.2, 0.25) is 0 Å². The standard InChI is InChI=1S/C68H49N3O4/c1-73-61-32-21-49-35-58(29-19-51(49)37-61)70(55-23-13-46(14-24-55)44-9-5-3-6-10-44)56-27-17-48(18-28-56)64-39-54-42-67-65(40-53(54)41-66(64)69-72)63-34-31-60(43-68(63)75-67)71(57-25-15-47(16-26-57)45-11-7-4-8-12-45)59-30-20-52-38-62(74-2)33-22-50(52)36-59/h3,5-7,9-43H,4,8H2,1-2H3. The number of allylic oxidation sites excluding steroid dienone is 4. The van der Waals surface area contributed by atoms with Gasteiger partial charge in [-0.05, 0) is 199 Å². The fourth-order valence-electron chi connectivity index (χ4n) is 10.7. The van der Waals surface area contributed by atoms with E-state index in [4.69, 9.17) is 13.9 Å².